The van der Waals surface area contributed by atoms with E-state index in [0.717, 1.165) is 13.1 Å². The molecule has 16 heavy (non-hydrogen) atoms. The fourth-order valence-corrected chi connectivity index (χ4v) is 2.45. The number of hydrogen-bond acceptors (Lipinski definition) is 2. The van der Waals surface area contributed by atoms with Crippen LogP contribution >= 0.6 is 0 Å². The van der Waals surface area contributed by atoms with Crippen molar-refractivity contribution in [1.29, 1.82) is 0 Å². The maximum absolute atomic E-state index is 3.63. The van der Waals surface area contributed by atoms with Crippen molar-refractivity contribution in [3.63, 3.8) is 0 Å². The van der Waals surface area contributed by atoms with Gasteiger partial charge in [-0.2, -0.15) is 0 Å². The summed E-state index contributed by atoms with van der Waals surface area (Å²) in [5.41, 5.74) is 1.36. The van der Waals surface area contributed by atoms with Crippen molar-refractivity contribution < 1.29 is 0 Å². The van der Waals surface area contributed by atoms with Crippen molar-refractivity contribution in [2.75, 3.05) is 18.0 Å². The Morgan fingerprint density at radius 3 is 2.75 bits per heavy atom. The van der Waals surface area contributed by atoms with Crippen molar-refractivity contribution >= 4 is 5.69 Å². The average molecular weight is 218 g/mol. The van der Waals surface area contributed by atoms with Gasteiger partial charge >= 0.3 is 0 Å². The van der Waals surface area contributed by atoms with E-state index < -0.39 is 0 Å². The van der Waals surface area contributed by atoms with Gasteiger partial charge in [0.2, 0.25) is 0 Å². The maximum Gasteiger partial charge on any atom is 0.0387 e. The molecule has 1 heterocycles. The van der Waals surface area contributed by atoms with E-state index in [1.807, 2.05) is 0 Å². The van der Waals surface area contributed by atoms with Crippen LogP contribution in [0.25, 0.3) is 0 Å². The Bertz CT molecular complexity index is 310. The lowest BCUT2D eigenvalue weighted by molar-refractivity contribution is 0.386. The molecule has 1 aliphatic heterocycles. The quantitative estimate of drug-likeness (QED) is 0.839. The van der Waals surface area contributed by atoms with Gasteiger partial charge in [-0.1, -0.05) is 31.5 Å². The molecule has 0 amide bonds. The number of rotatable bonds is 3. The Labute approximate surface area is 98.7 Å². The second-order valence-corrected chi connectivity index (χ2v) is 4.73. The van der Waals surface area contributed by atoms with Gasteiger partial charge in [0, 0.05) is 30.9 Å². The third-order valence-electron chi connectivity index (χ3n) is 3.38. The fourth-order valence-electron chi connectivity index (χ4n) is 2.45. The van der Waals surface area contributed by atoms with E-state index in [1.165, 1.54) is 18.5 Å². The summed E-state index contributed by atoms with van der Waals surface area (Å²) in [6.07, 6.45) is 2.53. The average Bonchev–Trinajstić information content (AvgIpc) is 2.33. The lowest BCUT2D eigenvalue weighted by atomic mass is 10.1. The SMILES string of the molecule is CCCC1CN(c2ccccc2)C(C)CN1. The second-order valence-electron chi connectivity index (χ2n) is 4.73. The molecule has 2 unspecified atom stereocenters. The maximum atomic E-state index is 3.63. The molecule has 1 aromatic carbocycles. The molecule has 1 N–H and O–H groups in total. The molecular weight excluding hydrogens is 196 g/mol. The zero-order chi connectivity index (χ0) is 11.4. The van der Waals surface area contributed by atoms with Crippen LogP contribution in [0.3, 0.4) is 0 Å². The second kappa shape index (κ2) is 5.35. The molecule has 2 atom stereocenters. The highest BCUT2D eigenvalue weighted by Crippen LogP contribution is 2.20. The number of piperazine rings is 1. The van der Waals surface area contributed by atoms with Gasteiger partial charge in [-0.05, 0) is 25.5 Å². The van der Waals surface area contributed by atoms with E-state index in [0.29, 0.717) is 12.1 Å². The molecule has 1 fully saturated rings. The molecule has 0 saturated carbocycles. The third-order valence-corrected chi connectivity index (χ3v) is 3.38. The van der Waals surface area contributed by atoms with Crippen LogP contribution in [-0.2, 0) is 0 Å². The number of benzene rings is 1. The first kappa shape index (κ1) is 11.5. The molecule has 0 spiro atoms. The van der Waals surface area contributed by atoms with Gasteiger partial charge in [0.1, 0.15) is 0 Å². The summed E-state index contributed by atoms with van der Waals surface area (Å²) in [6.45, 7) is 6.79. The summed E-state index contributed by atoms with van der Waals surface area (Å²) >= 11 is 0. The molecule has 2 heteroatoms. The van der Waals surface area contributed by atoms with Gasteiger partial charge in [-0.15, -0.1) is 0 Å². The van der Waals surface area contributed by atoms with E-state index in [2.05, 4.69) is 54.4 Å². The Hall–Kier alpha value is -1.02. The zero-order valence-corrected chi connectivity index (χ0v) is 10.3. The number of nitrogens with zero attached hydrogens (tertiary/aromatic N) is 1. The summed E-state index contributed by atoms with van der Waals surface area (Å²) in [7, 11) is 0. The highest BCUT2D eigenvalue weighted by atomic mass is 15.2. The lowest BCUT2D eigenvalue weighted by Gasteiger charge is -2.40. The summed E-state index contributed by atoms with van der Waals surface area (Å²) in [5.74, 6) is 0. The summed E-state index contributed by atoms with van der Waals surface area (Å²) in [5, 5.41) is 3.63. The van der Waals surface area contributed by atoms with Crippen LogP contribution in [0.4, 0.5) is 5.69 Å². The first-order valence-corrected chi connectivity index (χ1v) is 6.36. The normalized spacial score (nSPS) is 25.8. The van der Waals surface area contributed by atoms with E-state index >= 15 is 0 Å². The van der Waals surface area contributed by atoms with E-state index in [-0.39, 0.29) is 0 Å². The van der Waals surface area contributed by atoms with Crippen molar-refractivity contribution in [3.05, 3.63) is 30.3 Å². The van der Waals surface area contributed by atoms with Crippen LogP contribution in [0.2, 0.25) is 0 Å². The highest BCUT2D eigenvalue weighted by Gasteiger charge is 2.24. The molecule has 1 saturated heterocycles. The van der Waals surface area contributed by atoms with Crippen LogP contribution in [0.1, 0.15) is 26.7 Å². The Morgan fingerprint density at radius 1 is 1.31 bits per heavy atom. The molecule has 0 bridgehead atoms. The lowest BCUT2D eigenvalue weighted by Crippen LogP contribution is -2.55. The van der Waals surface area contributed by atoms with Gasteiger partial charge in [0.05, 0.1) is 0 Å². The smallest absolute Gasteiger partial charge is 0.0387 e. The van der Waals surface area contributed by atoms with Crippen LogP contribution < -0.4 is 10.2 Å². The van der Waals surface area contributed by atoms with Crippen molar-refractivity contribution in [1.82, 2.24) is 5.32 Å². The van der Waals surface area contributed by atoms with Gasteiger partial charge in [0.15, 0.2) is 0 Å². The topological polar surface area (TPSA) is 15.3 Å². The molecular formula is C14H22N2. The van der Waals surface area contributed by atoms with Crippen LogP contribution in [-0.4, -0.2) is 25.2 Å². The predicted molar refractivity (Wildman–Crippen MR) is 69.9 cm³/mol. The molecule has 0 radical (unpaired) electrons. The first-order chi connectivity index (χ1) is 7.81. The van der Waals surface area contributed by atoms with Gasteiger partial charge in [-0.3, -0.25) is 0 Å². The van der Waals surface area contributed by atoms with Gasteiger partial charge in [0.25, 0.3) is 0 Å². The van der Waals surface area contributed by atoms with E-state index in [1.54, 1.807) is 0 Å². The monoisotopic (exact) mass is 218 g/mol. The number of para-hydroxylation sites is 1. The molecule has 0 aliphatic carbocycles. The van der Waals surface area contributed by atoms with Crippen LogP contribution in [0.15, 0.2) is 30.3 Å². The summed E-state index contributed by atoms with van der Waals surface area (Å²) in [6, 6.07) is 12.0. The number of hydrogen-bond donors (Lipinski definition) is 1. The molecule has 0 aromatic heterocycles. The highest BCUT2D eigenvalue weighted by molar-refractivity contribution is 5.47. The Morgan fingerprint density at radius 2 is 2.06 bits per heavy atom. The third kappa shape index (κ3) is 2.56. The largest absolute Gasteiger partial charge is 0.366 e. The molecule has 1 aliphatic rings. The Balaban J connectivity index is 2.07. The molecule has 1 aromatic rings. The Kier molecular flexibility index (Phi) is 3.83. The van der Waals surface area contributed by atoms with Crippen molar-refractivity contribution in [2.24, 2.45) is 0 Å². The fraction of sp³-hybridized carbons (Fsp3) is 0.571. The summed E-state index contributed by atoms with van der Waals surface area (Å²) in [4.78, 5) is 2.52. The van der Waals surface area contributed by atoms with E-state index in [9.17, 15) is 0 Å². The van der Waals surface area contributed by atoms with Crippen molar-refractivity contribution in [2.45, 2.75) is 38.8 Å². The standard InChI is InChI=1S/C14H22N2/c1-3-7-13-11-16(12(2)10-15-13)14-8-5-4-6-9-14/h4-6,8-9,12-13,15H,3,7,10-11H2,1-2H3. The zero-order valence-electron chi connectivity index (χ0n) is 10.3. The molecule has 2 nitrogen and oxygen atoms in total. The molecule has 88 valence electrons. The first-order valence-electron chi connectivity index (χ1n) is 6.36. The molecule has 2 rings (SSSR count). The minimum Gasteiger partial charge on any atom is -0.366 e. The minimum absolute atomic E-state index is 0.593. The van der Waals surface area contributed by atoms with Gasteiger partial charge in [-0.25, -0.2) is 0 Å². The number of nitrogens with one attached hydrogen (secondary N) is 1. The summed E-state index contributed by atoms with van der Waals surface area (Å²) < 4.78 is 0. The van der Waals surface area contributed by atoms with Gasteiger partial charge < -0.3 is 10.2 Å². The predicted octanol–water partition coefficient (Wildman–Crippen LogP) is 2.65. The number of anilines is 1. The minimum atomic E-state index is 0.593. The van der Waals surface area contributed by atoms with Crippen molar-refractivity contribution in [3.8, 4) is 0 Å². The van der Waals surface area contributed by atoms with E-state index in [4.69, 9.17) is 0 Å². The van der Waals surface area contributed by atoms with Crippen LogP contribution in [0.5, 0.6) is 0 Å². The van der Waals surface area contributed by atoms with Crippen LogP contribution in [0, 0.1) is 0 Å².